The number of unbranched alkanes of at least 4 members (excludes halogenated alkanes) is 19. The van der Waals surface area contributed by atoms with Gasteiger partial charge >= 0.3 is 0 Å². The lowest BCUT2D eigenvalue weighted by Crippen LogP contribution is -2.39. The van der Waals surface area contributed by atoms with Crippen molar-refractivity contribution in [1.29, 1.82) is 0 Å². The maximum atomic E-state index is 12.4. The molecule has 2 amide bonds. The molecule has 0 aliphatic rings. The number of hydrogen-bond donors (Lipinski definition) is 5. The van der Waals surface area contributed by atoms with Crippen LogP contribution in [0.2, 0.25) is 0 Å². The summed E-state index contributed by atoms with van der Waals surface area (Å²) < 4.78 is 0. The molecule has 0 fully saturated rings. The van der Waals surface area contributed by atoms with Gasteiger partial charge in [0.1, 0.15) is 0 Å². The lowest BCUT2D eigenvalue weighted by Gasteiger charge is -2.24. The van der Waals surface area contributed by atoms with Crippen molar-refractivity contribution in [2.45, 2.75) is 174 Å². The molecule has 0 aromatic heterocycles. The monoisotopic (exact) mass is 640 g/mol. The van der Waals surface area contributed by atoms with E-state index in [1.807, 2.05) is 0 Å². The SMILES string of the molecule is CCCCCCCCCCCCNC(=O)CCNCCCCN(CCC(=O)NCCCCCCCCCCCC)CC(O)CN. The molecule has 0 heterocycles. The first kappa shape index (κ1) is 43.8. The Hall–Kier alpha value is -1.22. The van der Waals surface area contributed by atoms with Crippen molar-refractivity contribution in [3.63, 3.8) is 0 Å². The second-order valence-corrected chi connectivity index (χ2v) is 13.2. The average Bonchev–Trinajstić information content (AvgIpc) is 3.04. The van der Waals surface area contributed by atoms with Gasteiger partial charge in [-0.25, -0.2) is 0 Å². The van der Waals surface area contributed by atoms with Crippen molar-refractivity contribution < 1.29 is 14.7 Å². The van der Waals surface area contributed by atoms with Crippen LogP contribution < -0.4 is 21.7 Å². The minimum Gasteiger partial charge on any atom is -0.390 e. The molecule has 1 unspecified atom stereocenters. The van der Waals surface area contributed by atoms with Gasteiger partial charge in [-0.1, -0.05) is 129 Å². The van der Waals surface area contributed by atoms with Crippen LogP contribution in [-0.4, -0.2) is 80.3 Å². The summed E-state index contributed by atoms with van der Waals surface area (Å²) in [4.78, 5) is 26.6. The van der Waals surface area contributed by atoms with Crippen molar-refractivity contribution in [1.82, 2.24) is 20.9 Å². The van der Waals surface area contributed by atoms with Crippen LogP contribution in [0, 0.1) is 0 Å². The number of carbonyl (C=O) groups excluding carboxylic acids is 2. The van der Waals surface area contributed by atoms with E-state index >= 15 is 0 Å². The van der Waals surface area contributed by atoms with Gasteiger partial charge in [-0.15, -0.1) is 0 Å². The summed E-state index contributed by atoms with van der Waals surface area (Å²) >= 11 is 0. The molecule has 8 heteroatoms. The topological polar surface area (TPSA) is 120 Å². The Labute approximate surface area is 279 Å². The van der Waals surface area contributed by atoms with Gasteiger partial charge in [0.15, 0.2) is 0 Å². The third kappa shape index (κ3) is 33.9. The smallest absolute Gasteiger partial charge is 0.221 e. The zero-order chi connectivity index (χ0) is 33.1. The minimum absolute atomic E-state index is 0.0891. The Morgan fingerprint density at radius 2 is 0.978 bits per heavy atom. The van der Waals surface area contributed by atoms with E-state index in [1.165, 1.54) is 116 Å². The van der Waals surface area contributed by atoms with E-state index in [0.717, 1.165) is 51.9 Å². The molecule has 45 heavy (non-hydrogen) atoms. The predicted octanol–water partition coefficient (Wildman–Crippen LogP) is 6.83. The molecular formula is C37H77N5O3. The number of carbonyl (C=O) groups is 2. The van der Waals surface area contributed by atoms with Crippen LogP contribution >= 0.6 is 0 Å². The van der Waals surface area contributed by atoms with Gasteiger partial charge in [0, 0.05) is 52.1 Å². The Bertz CT molecular complexity index is 637. The number of nitrogens with one attached hydrogen (secondary N) is 3. The highest BCUT2D eigenvalue weighted by Crippen LogP contribution is 2.11. The van der Waals surface area contributed by atoms with Crippen LogP contribution in [0.4, 0.5) is 0 Å². The van der Waals surface area contributed by atoms with Gasteiger partial charge in [0.2, 0.25) is 11.8 Å². The summed E-state index contributed by atoms with van der Waals surface area (Å²) in [7, 11) is 0. The van der Waals surface area contributed by atoms with Crippen molar-refractivity contribution in [3.05, 3.63) is 0 Å². The second kappa shape index (κ2) is 35.6. The van der Waals surface area contributed by atoms with Crippen molar-refractivity contribution in [2.24, 2.45) is 5.73 Å². The number of hydrogen-bond acceptors (Lipinski definition) is 6. The fourth-order valence-corrected chi connectivity index (χ4v) is 5.70. The van der Waals surface area contributed by atoms with Gasteiger partial charge in [-0.3, -0.25) is 9.59 Å². The maximum Gasteiger partial charge on any atom is 0.221 e. The molecule has 6 N–H and O–H groups in total. The molecule has 8 nitrogen and oxygen atoms in total. The van der Waals surface area contributed by atoms with Crippen molar-refractivity contribution >= 4 is 11.8 Å². The first-order valence-corrected chi connectivity index (χ1v) is 19.4. The van der Waals surface area contributed by atoms with Crippen LogP contribution in [0.3, 0.4) is 0 Å². The third-order valence-electron chi connectivity index (χ3n) is 8.71. The van der Waals surface area contributed by atoms with E-state index in [1.54, 1.807) is 0 Å². The van der Waals surface area contributed by atoms with Gasteiger partial charge < -0.3 is 31.7 Å². The van der Waals surface area contributed by atoms with Crippen LogP contribution in [-0.2, 0) is 9.59 Å². The summed E-state index contributed by atoms with van der Waals surface area (Å²) in [5.74, 6) is 0.220. The molecule has 0 bridgehead atoms. The van der Waals surface area contributed by atoms with Gasteiger partial charge in [-0.2, -0.15) is 0 Å². The molecule has 0 spiro atoms. The molecule has 0 aromatic rings. The first-order chi connectivity index (χ1) is 22.0. The lowest BCUT2D eigenvalue weighted by atomic mass is 10.1. The number of nitrogens with two attached hydrogens (primary N) is 1. The zero-order valence-electron chi connectivity index (χ0n) is 30.0. The summed E-state index contributed by atoms with van der Waals surface area (Å²) in [6.45, 7) is 9.79. The molecule has 0 aliphatic carbocycles. The number of aliphatic hydroxyl groups is 1. The average molecular weight is 640 g/mol. The van der Waals surface area contributed by atoms with E-state index in [4.69, 9.17) is 5.73 Å². The minimum atomic E-state index is -0.573. The largest absolute Gasteiger partial charge is 0.390 e. The van der Waals surface area contributed by atoms with Crippen LogP contribution in [0.5, 0.6) is 0 Å². The Morgan fingerprint density at radius 1 is 0.556 bits per heavy atom. The number of nitrogens with zero attached hydrogens (tertiary/aromatic N) is 1. The van der Waals surface area contributed by atoms with Crippen LogP contribution in [0.15, 0.2) is 0 Å². The standard InChI is InChI=1S/C37H77N5O3/c1-3-5-7-9-11-13-15-17-19-21-28-40-36(44)25-30-39-27-23-24-31-42(34-35(43)33-38)32-26-37(45)41-29-22-20-18-16-14-12-10-8-6-4-2/h35,39,43H,3-34,38H2,1-2H3,(H,40,44)(H,41,45). The predicted molar refractivity (Wildman–Crippen MR) is 193 cm³/mol. The fourth-order valence-electron chi connectivity index (χ4n) is 5.70. The van der Waals surface area contributed by atoms with Crippen LogP contribution in [0.1, 0.15) is 168 Å². The summed E-state index contributed by atoms with van der Waals surface area (Å²) in [5, 5.41) is 19.6. The highest BCUT2D eigenvalue weighted by Gasteiger charge is 2.12. The number of aliphatic hydroxyl groups excluding tert-OH is 1. The highest BCUT2D eigenvalue weighted by molar-refractivity contribution is 5.76. The first-order valence-electron chi connectivity index (χ1n) is 19.4. The number of rotatable bonds is 36. The normalized spacial score (nSPS) is 12.1. The Morgan fingerprint density at radius 3 is 1.44 bits per heavy atom. The number of amides is 2. The summed E-state index contributed by atoms with van der Waals surface area (Å²) in [6.07, 6.45) is 28.3. The van der Waals surface area contributed by atoms with E-state index < -0.39 is 6.10 Å². The van der Waals surface area contributed by atoms with Gasteiger partial charge in [0.05, 0.1) is 6.10 Å². The van der Waals surface area contributed by atoms with Crippen molar-refractivity contribution in [3.8, 4) is 0 Å². The molecule has 0 radical (unpaired) electrons. The molecular weight excluding hydrogens is 562 g/mol. The molecule has 1 atom stereocenters. The summed E-state index contributed by atoms with van der Waals surface area (Å²) in [5.41, 5.74) is 5.64. The molecule has 0 aliphatic heterocycles. The molecule has 268 valence electrons. The van der Waals surface area contributed by atoms with Gasteiger partial charge in [-0.05, 0) is 38.8 Å². The molecule has 0 aromatic carbocycles. The van der Waals surface area contributed by atoms with E-state index in [0.29, 0.717) is 32.5 Å². The van der Waals surface area contributed by atoms with E-state index in [2.05, 4.69) is 34.7 Å². The van der Waals surface area contributed by atoms with Crippen LogP contribution in [0.25, 0.3) is 0 Å². The summed E-state index contributed by atoms with van der Waals surface area (Å²) in [6, 6.07) is 0. The molecule has 0 rings (SSSR count). The Kier molecular flexibility index (Phi) is 34.7. The van der Waals surface area contributed by atoms with E-state index in [-0.39, 0.29) is 18.4 Å². The third-order valence-corrected chi connectivity index (χ3v) is 8.71. The van der Waals surface area contributed by atoms with E-state index in [9.17, 15) is 14.7 Å². The fraction of sp³-hybridized carbons (Fsp3) is 0.946. The Balaban J connectivity index is 3.76. The molecule has 0 saturated heterocycles. The quantitative estimate of drug-likeness (QED) is 0.0480. The lowest BCUT2D eigenvalue weighted by molar-refractivity contribution is -0.122. The molecule has 0 saturated carbocycles. The zero-order valence-corrected chi connectivity index (χ0v) is 30.0. The van der Waals surface area contributed by atoms with Crippen molar-refractivity contribution in [2.75, 3.05) is 52.4 Å². The van der Waals surface area contributed by atoms with Gasteiger partial charge in [0.25, 0.3) is 0 Å². The highest BCUT2D eigenvalue weighted by atomic mass is 16.3. The maximum absolute atomic E-state index is 12.4. The second-order valence-electron chi connectivity index (χ2n) is 13.2.